The highest BCUT2D eigenvalue weighted by Gasteiger charge is 2.13. The number of nitrogens with one attached hydrogen (secondary N) is 1. The molecule has 10 heteroatoms. The van der Waals surface area contributed by atoms with Crippen LogP contribution >= 0.6 is 27.7 Å². The summed E-state index contributed by atoms with van der Waals surface area (Å²) >= 11 is 4.40. The number of H-pyrrole nitrogens is 1. The molecule has 1 aromatic carbocycles. The van der Waals surface area contributed by atoms with Crippen LogP contribution < -0.4 is 16.9 Å². The van der Waals surface area contributed by atoms with Crippen LogP contribution in [-0.4, -0.2) is 25.8 Å². The number of hydrogen-bond donors (Lipinski definition) is 3. The molecule has 21 heavy (non-hydrogen) atoms. The highest BCUT2D eigenvalue weighted by Crippen LogP contribution is 2.29. The minimum absolute atomic E-state index is 0.0757. The second-order valence-electron chi connectivity index (χ2n) is 3.93. The molecule has 110 valence electrons. The maximum Gasteiger partial charge on any atom is 0.339 e. The van der Waals surface area contributed by atoms with Crippen LogP contribution in [0.1, 0.15) is 5.56 Å². The molecule has 0 radical (unpaired) electrons. The highest BCUT2D eigenvalue weighted by molar-refractivity contribution is 9.10. The Hall–Kier alpha value is -2.07. The first kappa shape index (κ1) is 15.3. The van der Waals surface area contributed by atoms with Gasteiger partial charge in [0.05, 0.1) is 0 Å². The molecule has 4 N–H and O–H groups in total. The molecule has 0 aliphatic heterocycles. The molecule has 0 fully saturated rings. The Labute approximate surface area is 130 Å². The van der Waals surface area contributed by atoms with Gasteiger partial charge >= 0.3 is 11.1 Å². The van der Waals surface area contributed by atoms with Crippen LogP contribution in [0.2, 0.25) is 0 Å². The monoisotopic (exact) mass is 371 g/mol. The minimum atomic E-state index is -0.877. The SMILES string of the molecule is Cn1[nH]c(=O)c(=O)nc1Sc1ccc(Br)cc1/C(N)=N/O. The molecule has 8 nitrogen and oxygen atoms in total. The van der Waals surface area contributed by atoms with Crippen LogP contribution in [0.3, 0.4) is 0 Å². The maximum absolute atomic E-state index is 11.3. The van der Waals surface area contributed by atoms with Gasteiger partial charge < -0.3 is 10.9 Å². The first-order valence-electron chi connectivity index (χ1n) is 5.55. The summed E-state index contributed by atoms with van der Waals surface area (Å²) in [6.07, 6.45) is 0. The van der Waals surface area contributed by atoms with Crippen LogP contribution in [0.15, 0.2) is 47.5 Å². The fourth-order valence-electron chi connectivity index (χ4n) is 1.50. The van der Waals surface area contributed by atoms with Crippen molar-refractivity contribution in [3.63, 3.8) is 0 Å². The predicted molar refractivity (Wildman–Crippen MR) is 80.9 cm³/mol. The van der Waals surface area contributed by atoms with E-state index in [1.54, 1.807) is 25.2 Å². The zero-order chi connectivity index (χ0) is 15.6. The van der Waals surface area contributed by atoms with Gasteiger partial charge in [0.1, 0.15) is 0 Å². The van der Waals surface area contributed by atoms with E-state index < -0.39 is 11.1 Å². The van der Waals surface area contributed by atoms with Crippen LogP contribution in [-0.2, 0) is 7.05 Å². The molecule has 0 spiro atoms. The summed E-state index contributed by atoms with van der Waals surface area (Å²) in [6, 6.07) is 5.15. The van der Waals surface area contributed by atoms with Gasteiger partial charge in [-0.2, -0.15) is 4.98 Å². The molecule has 0 atom stereocenters. The number of rotatable bonds is 3. The van der Waals surface area contributed by atoms with Gasteiger partial charge in [-0.25, -0.2) is 0 Å². The number of nitrogens with two attached hydrogens (primary N) is 1. The Morgan fingerprint density at radius 3 is 2.90 bits per heavy atom. The number of halogens is 1. The third-order valence-electron chi connectivity index (χ3n) is 2.47. The van der Waals surface area contributed by atoms with Crippen molar-refractivity contribution < 1.29 is 5.21 Å². The molecule has 0 saturated carbocycles. The van der Waals surface area contributed by atoms with Gasteiger partial charge in [0.25, 0.3) is 0 Å². The smallest absolute Gasteiger partial charge is 0.339 e. The van der Waals surface area contributed by atoms with Gasteiger partial charge in [-0.1, -0.05) is 21.1 Å². The number of aryl methyl sites for hydroxylation is 1. The summed E-state index contributed by atoms with van der Waals surface area (Å²) in [6.45, 7) is 0. The molecule has 1 heterocycles. The van der Waals surface area contributed by atoms with E-state index in [1.807, 2.05) is 0 Å². The van der Waals surface area contributed by atoms with E-state index in [0.717, 1.165) is 16.2 Å². The topological polar surface area (TPSA) is 126 Å². The first-order valence-corrected chi connectivity index (χ1v) is 7.16. The van der Waals surface area contributed by atoms with E-state index in [4.69, 9.17) is 10.9 Å². The largest absolute Gasteiger partial charge is 0.409 e. The lowest BCUT2D eigenvalue weighted by atomic mass is 10.2. The van der Waals surface area contributed by atoms with E-state index in [0.29, 0.717) is 10.5 Å². The Morgan fingerprint density at radius 2 is 2.24 bits per heavy atom. The van der Waals surface area contributed by atoms with Gasteiger partial charge in [-0.05, 0) is 30.0 Å². The molecule has 0 aliphatic carbocycles. The van der Waals surface area contributed by atoms with E-state index in [2.05, 4.69) is 31.2 Å². The van der Waals surface area contributed by atoms with Gasteiger partial charge in [0, 0.05) is 22.0 Å². The number of aromatic nitrogens is 3. The van der Waals surface area contributed by atoms with E-state index in [1.165, 1.54) is 4.68 Å². The molecule has 0 unspecified atom stereocenters. The summed E-state index contributed by atoms with van der Waals surface area (Å²) < 4.78 is 2.07. The molecule has 0 aliphatic rings. The average molecular weight is 372 g/mol. The zero-order valence-electron chi connectivity index (χ0n) is 10.7. The van der Waals surface area contributed by atoms with Gasteiger partial charge in [0.15, 0.2) is 11.0 Å². The summed E-state index contributed by atoms with van der Waals surface area (Å²) in [4.78, 5) is 26.8. The number of nitrogens with zero attached hydrogens (tertiary/aromatic N) is 3. The maximum atomic E-state index is 11.3. The Bertz CT molecular complexity index is 829. The average Bonchev–Trinajstić information content (AvgIpc) is 2.45. The van der Waals surface area contributed by atoms with Crippen molar-refractivity contribution in [3.05, 3.63) is 48.9 Å². The van der Waals surface area contributed by atoms with Gasteiger partial charge in [-0.3, -0.25) is 19.4 Å². The predicted octanol–water partition coefficient (Wildman–Crippen LogP) is 0.477. The second kappa shape index (κ2) is 6.14. The molecule has 0 bridgehead atoms. The summed E-state index contributed by atoms with van der Waals surface area (Å²) in [5.74, 6) is -0.0757. The van der Waals surface area contributed by atoms with Crippen LogP contribution in [0, 0.1) is 0 Å². The third-order valence-corrected chi connectivity index (χ3v) is 4.09. The van der Waals surface area contributed by atoms with Gasteiger partial charge in [-0.15, -0.1) is 0 Å². The quantitative estimate of drug-likeness (QED) is 0.237. The Balaban J connectivity index is 2.52. The van der Waals surface area contributed by atoms with E-state index in [9.17, 15) is 9.59 Å². The van der Waals surface area contributed by atoms with Crippen LogP contribution in [0.4, 0.5) is 0 Å². The number of aromatic amines is 1. The minimum Gasteiger partial charge on any atom is -0.409 e. The third kappa shape index (κ3) is 3.34. The van der Waals surface area contributed by atoms with Gasteiger partial charge in [0.2, 0.25) is 0 Å². The van der Waals surface area contributed by atoms with Crippen LogP contribution in [0.5, 0.6) is 0 Å². The molecular formula is C11H10BrN5O3S. The number of hydrogen-bond acceptors (Lipinski definition) is 6. The van der Waals surface area contributed by atoms with Crippen LogP contribution in [0.25, 0.3) is 0 Å². The number of oxime groups is 1. The lowest BCUT2D eigenvalue weighted by Crippen LogP contribution is -2.33. The zero-order valence-corrected chi connectivity index (χ0v) is 13.1. The second-order valence-corrected chi connectivity index (χ2v) is 5.85. The van der Waals surface area contributed by atoms with E-state index in [-0.39, 0.29) is 11.0 Å². The molecular weight excluding hydrogens is 362 g/mol. The van der Waals surface area contributed by atoms with Crippen molar-refractivity contribution in [1.82, 2.24) is 14.8 Å². The normalized spacial score (nSPS) is 11.6. The van der Waals surface area contributed by atoms with E-state index >= 15 is 0 Å². The summed E-state index contributed by atoms with van der Waals surface area (Å²) in [5.41, 5.74) is 4.42. The Morgan fingerprint density at radius 1 is 1.52 bits per heavy atom. The van der Waals surface area contributed by atoms with Crippen molar-refractivity contribution in [2.45, 2.75) is 10.1 Å². The summed E-state index contributed by atoms with van der Waals surface area (Å²) in [5, 5.41) is 14.4. The lowest BCUT2D eigenvalue weighted by molar-refractivity contribution is 0.318. The highest BCUT2D eigenvalue weighted by atomic mass is 79.9. The Kier molecular flexibility index (Phi) is 4.48. The first-order chi connectivity index (χ1) is 9.92. The molecule has 0 amide bonds. The number of benzene rings is 1. The van der Waals surface area contributed by atoms with Crippen molar-refractivity contribution in [1.29, 1.82) is 0 Å². The molecule has 2 rings (SSSR count). The molecule has 2 aromatic rings. The van der Waals surface area contributed by atoms with Crippen molar-refractivity contribution in [3.8, 4) is 0 Å². The fourth-order valence-corrected chi connectivity index (χ4v) is 2.77. The summed E-state index contributed by atoms with van der Waals surface area (Å²) in [7, 11) is 1.55. The van der Waals surface area contributed by atoms with Crippen molar-refractivity contribution >= 4 is 33.5 Å². The molecule has 1 aromatic heterocycles. The fraction of sp³-hybridized carbons (Fsp3) is 0.0909. The lowest BCUT2D eigenvalue weighted by Gasteiger charge is -2.10. The van der Waals surface area contributed by atoms with Crippen molar-refractivity contribution in [2.24, 2.45) is 17.9 Å². The van der Waals surface area contributed by atoms with Crippen molar-refractivity contribution in [2.75, 3.05) is 0 Å². The molecule has 0 saturated heterocycles. The standard InChI is InChI=1S/C11H10BrN5O3S/c1-17-11(14-9(18)10(19)15-17)21-7-3-2-5(12)4-6(7)8(13)16-20/h2-4,20H,1H3,(H2,13,16)(H,15,19). The number of amidine groups is 1.